The average Bonchev–Trinajstić information content (AvgIpc) is 2.30. The molecule has 1 aromatic carbocycles. The Balaban J connectivity index is 3.11. The van der Waals surface area contributed by atoms with E-state index in [1.807, 2.05) is 0 Å². The lowest BCUT2D eigenvalue weighted by Gasteiger charge is -2.06. The summed E-state index contributed by atoms with van der Waals surface area (Å²) >= 11 is 0. The van der Waals surface area contributed by atoms with Gasteiger partial charge >= 0.3 is 0 Å². The lowest BCUT2D eigenvalue weighted by Crippen LogP contribution is -2.16. The number of carbonyl (C=O) groups is 2. The van der Waals surface area contributed by atoms with Gasteiger partial charge in [0.05, 0.1) is 12.0 Å². The van der Waals surface area contributed by atoms with Crippen molar-refractivity contribution in [3.63, 3.8) is 0 Å². The lowest BCUT2D eigenvalue weighted by atomic mass is 9.99. The standard InChI is InChI=1S/C12H10F4O2/c1-5(2)8(17)4-9(18)6-3-7(13)11(15)12(16)10(6)14/h3,5H,4H2,1-2H3. The predicted octanol–water partition coefficient (Wildman–Crippen LogP) is 3.04. The minimum Gasteiger partial charge on any atom is -0.299 e. The van der Waals surface area contributed by atoms with Crippen LogP contribution in [-0.4, -0.2) is 11.6 Å². The molecule has 0 radical (unpaired) electrons. The number of hydrogen-bond acceptors (Lipinski definition) is 2. The molecule has 0 aromatic heterocycles. The molecule has 0 amide bonds. The molecule has 0 aliphatic carbocycles. The molecule has 0 heterocycles. The van der Waals surface area contributed by atoms with Gasteiger partial charge in [-0.15, -0.1) is 0 Å². The number of rotatable bonds is 4. The number of Topliss-reactive ketones (excluding diaryl/α,β-unsaturated/α-hetero) is 2. The van der Waals surface area contributed by atoms with Gasteiger partial charge in [-0.3, -0.25) is 9.59 Å². The first-order valence-corrected chi connectivity index (χ1v) is 5.14. The Morgan fingerprint density at radius 3 is 2.11 bits per heavy atom. The van der Waals surface area contributed by atoms with Crippen molar-refractivity contribution in [2.45, 2.75) is 20.3 Å². The Morgan fingerprint density at radius 1 is 1.06 bits per heavy atom. The normalized spacial score (nSPS) is 10.8. The van der Waals surface area contributed by atoms with Gasteiger partial charge in [0, 0.05) is 5.92 Å². The highest BCUT2D eigenvalue weighted by molar-refractivity contribution is 6.08. The molecule has 0 atom stereocenters. The molecule has 0 saturated carbocycles. The van der Waals surface area contributed by atoms with Gasteiger partial charge in [0.2, 0.25) is 0 Å². The second kappa shape index (κ2) is 5.29. The van der Waals surface area contributed by atoms with Crippen molar-refractivity contribution in [2.24, 2.45) is 5.92 Å². The molecule has 0 fully saturated rings. The highest BCUT2D eigenvalue weighted by atomic mass is 19.2. The number of carbonyl (C=O) groups excluding carboxylic acids is 2. The average molecular weight is 262 g/mol. The highest BCUT2D eigenvalue weighted by Gasteiger charge is 2.24. The van der Waals surface area contributed by atoms with E-state index in [0.29, 0.717) is 0 Å². The maximum absolute atomic E-state index is 13.2. The predicted molar refractivity (Wildman–Crippen MR) is 55.1 cm³/mol. The first-order chi connectivity index (χ1) is 8.25. The van der Waals surface area contributed by atoms with E-state index in [4.69, 9.17) is 0 Å². The van der Waals surface area contributed by atoms with E-state index in [-0.39, 0.29) is 6.07 Å². The van der Waals surface area contributed by atoms with Crippen molar-refractivity contribution >= 4 is 11.6 Å². The molecule has 1 aromatic rings. The molecule has 0 N–H and O–H groups in total. The summed E-state index contributed by atoms with van der Waals surface area (Å²) in [6, 6.07) is 0.254. The summed E-state index contributed by atoms with van der Waals surface area (Å²) in [6.07, 6.45) is -0.681. The van der Waals surface area contributed by atoms with Crippen LogP contribution in [0.3, 0.4) is 0 Å². The molecule has 18 heavy (non-hydrogen) atoms. The highest BCUT2D eigenvalue weighted by Crippen LogP contribution is 2.20. The molecule has 0 saturated heterocycles. The van der Waals surface area contributed by atoms with Crippen LogP contribution in [0, 0.1) is 29.2 Å². The second-order valence-corrected chi connectivity index (χ2v) is 4.07. The van der Waals surface area contributed by atoms with Crippen LogP contribution in [0.1, 0.15) is 30.6 Å². The van der Waals surface area contributed by atoms with Crippen molar-refractivity contribution in [2.75, 3.05) is 0 Å². The molecule has 0 unspecified atom stereocenters. The lowest BCUT2D eigenvalue weighted by molar-refractivity contribution is -0.121. The van der Waals surface area contributed by atoms with Crippen LogP contribution >= 0.6 is 0 Å². The Morgan fingerprint density at radius 2 is 1.61 bits per heavy atom. The topological polar surface area (TPSA) is 34.1 Å². The first-order valence-electron chi connectivity index (χ1n) is 5.14. The fraction of sp³-hybridized carbons (Fsp3) is 0.333. The van der Waals surface area contributed by atoms with Crippen LogP contribution in [-0.2, 0) is 4.79 Å². The summed E-state index contributed by atoms with van der Waals surface area (Å²) < 4.78 is 51.6. The molecule has 0 spiro atoms. The molecule has 2 nitrogen and oxygen atoms in total. The van der Waals surface area contributed by atoms with Gasteiger partial charge < -0.3 is 0 Å². The van der Waals surface area contributed by atoms with Gasteiger partial charge in [-0.2, -0.15) is 0 Å². The summed E-state index contributed by atoms with van der Waals surface area (Å²) in [5, 5.41) is 0. The van der Waals surface area contributed by atoms with E-state index < -0.39 is 52.7 Å². The van der Waals surface area contributed by atoms with Gasteiger partial charge in [-0.1, -0.05) is 13.8 Å². The summed E-state index contributed by atoms with van der Waals surface area (Å²) in [5.41, 5.74) is -0.958. The van der Waals surface area contributed by atoms with Crippen LogP contribution in [0.5, 0.6) is 0 Å². The maximum Gasteiger partial charge on any atom is 0.198 e. The van der Waals surface area contributed by atoms with Crippen molar-refractivity contribution in [3.05, 3.63) is 34.9 Å². The summed E-state index contributed by atoms with van der Waals surface area (Å²) in [4.78, 5) is 22.7. The van der Waals surface area contributed by atoms with E-state index >= 15 is 0 Å². The third-order valence-electron chi connectivity index (χ3n) is 2.38. The molecule has 0 aliphatic rings. The Hall–Kier alpha value is -1.72. The second-order valence-electron chi connectivity index (χ2n) is 4.07. The summed E-state index contributed by atoms with van der Waals surface area (Å²) in [6.45, 7) is 3.05. The molecule has 0 aliphatic heterocycles. The summed E-state index contributed by atoms with van der Waals surface area (Å²) in [5.74, 6) is -9.54. The maximum atomic E-state index is 13.2. The third-order valence-corrected chi connectivity index (χ3v) is 2.38. The van der Waals surface area contributed by atoms with Crippen LogP contribution in [0.25, 0.3) is 0 Å². The van der Waals surface area contributed by atoms with E-state index in [0.717, 1.165) is 0 Å². The Labute approximate surface area is 101 Å². The number of hydrogen-bond donors (Lipinski definition) is 0. The third kappa shape index (κ3) is 2.75. The van der Waals surface area contributed by atoms with Crippen LogP contribution < -0.4 is 0 Å². The van der Waals surface area contributed by atoms with Crippen LogP contribution in [0.4, 0.5) is 17.6 Å². The monoisotopic (exact) mass is 262 g/mol. The number of halogens is 4. The van der Waals surface area contributed by atoms with Gasteiger partial charge in [0.1, 0.15) is 5.78 Å². The molecular weight excluding hydrogens is 252 g/mol. The van der Waals surface area contributed by atoms with Crippen LogP contribution in [0.15, 0.2) is 6.07 Å². The molecule has 6 heteroatoms. The van der Waals surface area contributed by atoms with Crippen molar-refractivity contribution < 1.29 is 27.2 Å². The smallest absolute Gasteiger partial charge is 0.198 e. The number of ketones is 2. The largest absolute Gasteiger partial charge is 0.299 e. The molecule has 1 rings (SSSR count). The zero-order valence-corrected chi connectivity index (χ0v) is 9.69. The quantitative estimate of drug-likeness (QED) is 0.275. The zero-order valence-electron chi connectivity index (χ0n) is 9.69. The van der Waals surface area contributed by atoms with Crippen molar-refractivity contribution in [1.29, 1.82) is 0 Å². The Kier molecular flexibility index (Phi) is 4.21. The Bertz CT molecular complexity index is 509. The van der Waals surface area contributed by atoms with E-state index in [2.05, 4.69) is 0 Å². The minimum atomic E-state index is -2.06. The van der Waals surface area contributed by atoms with E-state index in [1.165, 1.54) is 13.8 Å². The van der Waals surface area contributed by atoms with Gasteiger partial charge in [0.15, 0.2) is 29.1 Å². The first kappa shape index (κ1) is 14.3. The van der Waals surface area contributed by atoms with E-state index in [1.54, 1.807) is 0 Å². The fourth-order valence-electron chi connectivity index (χ4n) is 1.23. The molecule has 98 valence electrons. The van der Waals surface area contributed by atoms with Gasteiger partial charge in [0.25, 0.3) is 0 Å². The van der Waals surface area contributed by atoms with Crippen molar-refractivity contribution in [3.8, 4) is 0 Å². The number of benzene rings is 1. The van der Waals surface area contributed by atoms with E-state index in [9.17, 15) is 27.2 Å². The van der Waals surface area contributed by atoms with Crippen LogP contribution in [0.2, 0.25) is 0 Å². The zero-order chi connectivity index (χ0) is 14.0. The molecule has 0 bridgehead atoms. The fourth-order valence-corrected chi connectivity index (χ4v) is 1.23. The molecular formula is C12H10F4O2. The summed E-state index contributed by atoms with van der Waals surface area (Å²) in [7, 11) is 0. The minimum absolute atomic E-state index is 0.254. The van der Waals surface area contributed by atoms with Crippen molar-refractivity contribution in [1.82, 2.24) is 0 Å². The van der Waals surface area contributed by atoms with Gasteiger partial charge in [-0.05, 0) is 6.07 Å². The van der Waals surface area contributed by atoms with Gasteiger partial charge in [-0.25, -0.2) is 17.6 Å². The SMILES string of the molecule is CC(C)C(=O)CC(=O)c1cc(F)c(F)c(F)c1F.